The SMILES string of the molecule is Nc1ccc2cc3c(nc2c1)-c1ccccc1CC3. The van der Waals surface area contributed by atoms with Crippen LogP contribution in [0.2, 0.25) is 0 Å². The number of fused-ring (bicyclic) bond motifs is 4. The van der Waals surface area contributed by atoms with Crippen molar-refractivity contribution >= 4 is 16.6 Å². The first kappa shape index (κ1) is 10.6. The summed E-state index contributed by atoms with van der Waals surface area (Å²) in [4.78, 5) is 4.84. The topological polar surface area (TPSA) is 38.9 Å². The maximum absolute atomic E-state index is 5.85. The highest BCUT2D eigenvalue weighted by Crippen LogP contribution is 2.33. The predicted molar refractivity (Wildman–Crippen MR) is 79.0 cm³/mol. The van der Waals surface area contributed by atoms with Crippen LogP contribution in [0.1, 0.15) is 11.1 Å². The van der Waals surface area contributed by atoms with Crippen LogP contribution in [-0.2, 0) is 12.8 Å². The van der Waals surface area contributed by atoms with Gasteiger partial charge in [-0.15, -0.1) is 0 Å². The van der Waals surface area contributed by atoms with Crippen LogP contribution in [0.4, 0.5) is 5.69 Å². The van der Waals surface area contributed by atoms with Gasteiger partial charge in [0.25, 0.3) is 0 Å². The van der Waals surface area contributed by atoms with Gasteiger partial charge in [-0.3, -0.25) is 0 Å². The fourth-order valence-corrected chi connectivity index (χ4v) is 2.89. The zero-order valence-corrected chi connectivity index (χ0v) is 10.6. The average molecular weight is 246 g/mol. The van der Waals surface area contributed by atoms with Gasteiger partial charge in [-0.2, -0.15) is 0 Å². The summed E-state index contributed by atoms with van der Waals surface area (Å²) in [6.07, 6.45) is 2.17. The molecule has 1 aromatic heterocycles. The van der Waals surface area contributed by atoms with E-state index in [2.05, 4.69) is 36.4 Å². The lowest BCUT2D eigenvalue weighted by molar-refractivity contribution is 0.933. The number of hydrogen-bond acceptors (Lipinski definition) is 2. The van der Waals surface area contributed by atoms with E-state index in [0.29, 0.717) is 0 Å². The van der Waals surface area contributed by atoms with Gasteiger partial charge in [0.1, 0.15) is 0 Å². The number of nitrogen functional groups attached to an aromatic ring is 1. The van der Waals surface area contributed by atoms with Crippen molar-refractivity contribution < 1.29 is 0 Å². The monoisotopic (exact) mass is 246 g/mol. The summed E-state index contributed by atoms with van der Waals surface area (Å²) in [6, 6.07) is 16.7. The number of anilines is 1. The molecule has 1 heterocycles. The van der Waals surface area contributed by atoms with E-state index in [1.54, 1.807) is 0 Å². The highest BCUT2D eigenvalue weighted by molar-refractivity contribution is 5.86. The van der Waals surface area contributed by atoms with Crippen molar-refractivity contribution in [1.82, 2.24) is 4.98 Å². The van der Waals surface area contributed by atoms with E-state index >= 15 is 0 Å². The third-order valence-corrected chi connectivity index (χ3v) is 3.86. The standard InChI is InChI=1S/C17H14N2/c18-14-8-7-12-9-13-6-5-11-3-1-2-4-15(11)17(13)19-16(12)10-14/h1-4,7-10H,5-6,18H2. The van der Waals surface area contributed by atoms with Crippen LogP contribution in [-0.4, -0.2) is 4.98 Å². The van der Waals surface area contributed by atoms with E-state index < -0.39 is 0 Å². The smallest absolute Gasteiger partial charge is 0.0744 e. The van der Waals surface area contributed by atoms with E-state index in [1.165, 1.54) is 22.1 Å². The van der Waals surface area contributed by atoms with E-state index in [0.717, 1.165) is 29.7 Å². The molecule has 3 aromatic rings. The summed E-state index contributed by atoms with van der Waals surface area (Å²) in [5.74, 6) is 0. The molecule has 0 radical (unpaired) electrons. The number of nitrogens with zero attached hydrogens (tertiary/aromatic N) is 1. The lowest BCUT2D eigenvalue weighted by atomic mass is 9.88. The Labute approximate surface area is 111 Å². The molecule has 19 heavy (non-hydrogen) atoms. The fraction of sp³-hybridized carbons (Fsp3) is 0.118. The van der Waals surface area contributed by atoms with E-state index in [-0.39, 0.29) is 0 Å². The first-order valence-electron chi connectivity index (χ1n) is 6.59. The summed E-state index contributed by atoms with van der Waals surface area (Å²) in [5, 5.41) is 1.17. The second-order valence-electron chi connectivity index (χ2n) is 5.11. The molecule has 0 amide bonds. The number of aryl methyl sites for hydroxylation is 2. The number of aromatic nitrogens is 1. The van der Waals surface area contributed by atoms with Gasteiger partial charge in [0.05, 0.1) is 11.2 Å². The van der Waals surface area contributed by atoms with Gasteiger partial charge in [-0.1, -0.05) is 30.3 Å². The second-order valence-corrected chi connectivity index (χ2v) is 5.11. The van der Waals surface area contributed by atoms with Crippen LogP contribution in [0, 0.1) is 0 Å². The Morgan fingerprint density at radius 1 is 0.895 bits per heavy atom. The molecule has 0 bridgehead atoms. The van der Waals surface area contributed by atoms with Crippen LogP contribution >= 0.6 is 0 Å². The third kappa shape index (κ3) is 1.60. The Hall–Kier alpha value is -2.35. The second kappa shape index (κ2) is 3.82. The zero-order chi connectivity index (χ0) is 12.8. The molecular formula is C17H14N2. The van der Waals surface area contributed by atoms with Gasteiger partial charge in [0.2, 0.25) is 0 Å². The molecule has 1 aliphatic rings. The van der Waals surface area contributed by atoms with Gasteiger partial charge >= 0.3 is 0 Å². The van der Waals surface area contributed by atoms with Gasteiger partial charge in [-0.05, 0) is 42.2 Å². The Morgan fingerprint density at radius 2 is 1.74 bits per heavy atom. The van der Waals surface area contributed by atoms with Gasteiger partial charge in [0, 0.05) is 16.6 Å². The molecule has 4 rings (SSSR count). The number of pyridine rings is 1. The minimum Gasteiger partial charge on any atom is -0.399 e. The Morgan fingerprint density at radius 3 is 2.68 bits per heavy atom. The summed E-state index contributed by atoms with van der Waals surface area (Å²) < 4.78 is 0. The Bertz CT molecular complexity index is 790. The molecule has 1 aliphatic carbocycles. The molecule has 2 N–H and O–H groups in total. The van der Waals surface area contributed by atoms with Gasteiger partial charge < -0.3 is 5.73 Å². The first-order valence-corrected chi connectivity index (χ1v) is 6.59. The molecule has 0 unspecified atom stereocenters. The summed E-state index contributed by atoms with van der Waals surface area (Å²) in [7, 11) is 0. The molecule has 2 nitrogen and oxygen atoms in total. The number of hydrogen-bond donors (Lipinski definition) is 1. The number of rotatable bonds is 0. The molecule has 92 valence electrons. The quantitative estimate of drug-likeness (QED) is 0.616. The van der Waals surface area contributed by atoms with Crippen LogP contribution in [0.5, 0.6) is 0 Å². The summed E-state index contributed by atoms with van der Waals surface area (Å²) in [5.41, 5.74) is 12.7. The largest absolute Gasteiger partial charge is 0.399 e. The van der Waals surface area contributed by atoms with E-state index in [1.807, 2.05) is 12.1 Å². The van der Waals surface area contributed by atoms with Crippen LogP contribution < -0.4 is 5.73 Å². The molecular weight excluding hydrogens is 232 g/mol. The van der Waals surface area contributed by atoms with Crippen molar-refractivity contribution in [2.45, 2.75) is 12.8 Å². The van der Waals surface area contributed by atoms with Crippen molar-refractivity contribution in [2.24, 2.45) is 0 Å². The fourth-order valence-electron chi connectivity index (χ4n) is 2.89. The van der Waals surface area contributed by atoms with Gasteiger partial charge in [0.15, 0.2) is 0 Å². The third-order valence-electron chi connectivity index (χ3n) is 3.86. The highest BCUT2D eigenvalue weighted by Gasteiger charge is 2.17. The van der Waals surface area contributed by atoms with Crippen molar-refractivity contribution in [3.05, 3.63) is 59.7 Å². The first-order chi connectivity index (χ1) is 9.31. The molecule has 0 saturated heterocycles. The Kier molecular flexibility index (Phi) is 2.12. The lowest BCUT2D eigenvalue weighted by Gasteiger charge is -2.19. The van der Waals surface area contributed by atoms with Crippen molar-refractivity contribution in [1.29, 1.82) is 0 Å². The molecule has 2 aromatic carbocycles. The predicted octanol–water partition coefficient (Wildman–Crippen LogP) is 3.58. The average Bonchev–Trinajstić information content (AvgIpc) is 2.45. The zero-order valence-electron chi connectivity index (χ0n) is 10.6. The lowest BCUT2D eigenvalue weighted by Crippen LogP contribution is -2.05. The molecule has 0 spiro atoms. The van der Waals surface area contributed by atoms with Crippen molar-refractivity contribution in [3.63, 3.8) is 0 Å². The van der Waals surface area contributed by atoms with Crippen molar-refractivity contribution in [3.8, 4) is 11.3 Å². The maximum Gasteiger partial charge on any atom is 0.0744 e. The normalized spacial score (nSPS) is 13.1. The molecule has 0 atom stereocenters. The summed E-state index contributed by atoms with van der Waals surface area (Å²) in [6.45, 7) is 0. The number of benzene rings is 2. The molecule has 2 heteroatoms. The summed E-state index contributed by atoms with van der Waals surface area (Å²) >= 11 is 0. The molecule has 0 aliphatic heterocycles. The van der Waals surface area contributed by atoms with Gasteiger partial charge in [-0.25, -0.2) is 4.98 Å². The minimum absolute atomic E-state index is 0.768. The van der Waals surface area contributed by atoms with E-state index in [9.17, 15) is 0 Å². The maximum atomic E-state index is 5.85. The highest BCUT2D eigenvalue weighted by atomic mass is 14.7. The van der Waals surface area contributed by atoms with Crippen LogP contribution in [0.25, 0.3) is 22.2 Å². The number of nitrogens with two attached hydrogens (primary N) is 1. The minimum atomic E-state index is 0.768. The van der Waals surface area contributed by atoms with Crippen LogP contribution in [0.3, 0.4) is 0 Å². The molecule has 0 saturated carbocycles. The van der Waals surface area contributed by atoms with Crippen LogP contribution in [0.15, 0.2) is 48.5 Å². The molecule has 0 fully saturated rings. The Balaban J connectivity index is 2.04. The van der Waals surface area contributed by atoms with Crippen molar-refractivity contribution in [2.75, 3.05) is 5.73 Å². The van der Waals surface area contributed by atoms with E-state index in [4.69, 9.17) is 10.7 Å².